The van der Waals surface area contributed by atoms with E-state index in [1.165, 1.54) is 14.4 Å². The Labute approximate surface area is 210 Å². The molecule has 0 atom stereocenters. The third-order valence-corrected chi connectivity index (χ3v) is 5.90. The van der Waals surface area contributed by atoms with Gasteiger partial charge in [0.15, 0.2) is 5.69 Å². The molecule has 0 radical (unpaired) electrons. The predicted molar refractivity (Wildman–Crippen MR) is 143 cm³/mol. The van der Waals surface area contributed by atoms with E-state index < -0.39 is 17.2 Å². The van der Waals surface area contributed by atoms with Crippen molar-refractivity contribution in [2.45, 2.75) is 40.7 Å². The van der Waals surface area contributed by atoms with E-state index in [0.717, 1.165) is 16.3 Å². The van der Waals surface area contributed by atoms with Crippen molar-refractivity contribution >= 4 is 34.1 Å². The zero-order chi connectivity index (χ0) is 26.6. The lowest BCUT2D eigenvalue weighted by atomic mass is 10.0. The van der Waals surface area contributed by atoms with Crippen molar-refractivity contribution in [1.29, 1.82) is 0 Å². The number of amides is 2. The molecular formula is C27H35N5O4. The molecule has 3 rings (SSSR count). The van der Waals surface area contributed by atoms with Crippen LogP contribution in [-0.4, -0.2) is 46.4 Å². The first-order chi connectivity index (χ1) is 17.0. The van der Waals surface area contributed by atoms with Gasteiger partial charge in [0.2, 0.25) is 11.8 Å². The second-order valence-electron chi connectivity index (χ2n) is 9.96. The van der Waals surface area contributed by atoms with Crippen molar-refractivity contribution in [1.82, 2.24) is 14.5 Å². The number of anilines is 2. The molecule has 2 aromatic carbocycles. The summed E-state index contributed by atoms with van der Waals surface area (Å²) >= 11 is 0. The van der Waals surface area contributed by atoms with Gasteiger partial charge in [-0.05, 0) is 28.2 Å². The molecule has 192 valence electrons. The van der Waals surface area contributed by atoms with Crippen LogP contribution in [0.2, 0.25) is 0 Å². The van der Waals surface area contributed by atoms with Gasteiger partial charge in [0.05, 0.1) is 13.0 Å². The zero-order valence-electron chi connectivity index (χ0n) is 21.6. The molecule has 1 aromatic heterocycles. The second-order valence-corrected chi connectivity index (χ2v) is 9.96. The molecule has 9 nitrogen and oxygen atoms in total. The van der Waals surface area contributed by atoms with Crippen LogP contribution in [0.3, 0.4) is 0 Å². The van der Waals surface area contributed by atoms with Gasteiger partial charge in [-0.25, -0.2) is 4.79 Å². The number of nitrogen functional groups attached to an aromatic ring is 1. The van der Waals surface area contributed by atoms with E-state index in [9.17, 15) is 19.2 Å². The van der Waals surface area contributed by atoms with E-state index in [-0.39, 0.29) is 48.8 Å². The molecule has 0 aliphatic rings. The Kier molecular flexibility index (Phi) is 8.34. The van der Waals surface area contributed by atoms with Gasteiger partial charge in [0, 0.05) is 20.1 Å². The first-order valence-electron chi connectivity index (χ1n) is 12.1. The molecule has 3 aromatic rings. The highest BCUT2D eigenvalue weighted by molar-refractivity contribution is 5.99. The molecule has 1 heterocycles. The van der Waals surface area contributed by atoms with Crippen molar-refractivity contribution in [2.24, 2.45) is 11.8 Å². The summed E-state index contributed by atoms with van der Waals surface area (Å²) in [5, 5.41) is 2.03. The number of benzene rings is 2. The topological polar surface area (TPSA) is 121 Å². The number of fused-ring (bicyclic) bond motifs is 1. The van der Waals surface area contributed by atoms with Crippen LogP contribution in [0.25, 0.3) is 10.8 Å². The van der Waals surface area contributed by atoms with Gasteiger partial charge in [-0.1, -0.05) is 70.2 Å². The summed E-state index contributed by atoms with van der Waals surface area (Å²) in [6.45, 7) is 7.92. The van der Waals surface area contributed by atoms with Crippen LogP contribution in [0.5, 0.6) is 0 Å². The molecule has 0 spiro atoms. The smallest absolute Gasteiger partial charge is 0.330 e. The average molecular weight is 494 g/mol. The van der Waals surface area contributed by atoms with E-state index in [4.69, 9.17) is 5.73 Å². The van der Waals surface area contributed by atoms with Crippen molar-refractivity contribution in [3.8, 4) is 0 Å². The molecule has 0 bridgehead atoms. The SMILES string of the molecule is CC(C)CN(C(=O)CN(C)C(=O)Cc1cccc2ccccc12)c1c(N)n(CC(C)C)c(=O)[nH]c1=O. The highest BCUT2D eigenvalue weighted by Gasteiger charge is 2.27. The van der Waals surface area contributed by atoms with E-state index in [1.807, 2.05) is 70.2 Å². The van der Waals surface area contributed by atoms with Crippen LogP contribution in [0, 0.1) is 11.8 Å². The van der Waals surface area contributed by atoms with Crippen molar-refractivity contribution in [3.63, 3.8) is 0 Å². The fraction of sp³-hybridized carbons (Fsp3) is 0.407. The highest BCUT2D eigenvalue weighted by Crippen LogP contribution is 2.21. The summed E-state index contributed by atoms with van der Waals surface area (Å²) in [5.41, 5.74) is 5.73. The Hall–Kier alpha value is -3.88. The zero-order valence-corrected chi connectivity index (χ0v) is 21.6. The Balaban J connectivity index is 1.87. The van der Waals surface area contributed by atoms with Crippen molar-refractivity contribution in [3.05, 3.63) is 68.9 Å². The number of H-pyrrole nitrogens is 1. The summed E-state index contributed by atoms with van der Waals surface area (Å²) in [5.74, 6) is -0.637. The number of nitrogens with zero attached hydrogens (tertiary/aromatic N) is 3. The van der Waals surface area contributed by atoms with Crippen LogP contribution < -0.4 is 21.9 Å². The Morgan fingerprint density at radius 3 is 2.31 bits per heavy atom. The van der Waals surface area contributed by atoms with Gasteiger partial charge in [0.25, 0.3) is 5.56 Å². The Bertz CT molecular complexity index is 1370. The maximum Gasteiger partial charge on any atom is 0.330 e. The molecule has 0 fully saturated rings. The van der Waals surface area contributed by atoms with Crippen LogP contribution in [0.4, 0.5) is 11.5 Å². The Morgan fingerprint density at radius 1 is 0.972 bits per heavy atom. The number of carbonyl (C=O) groups is 2. The minimum Gasteiger partial charge on any atom is -0.383 e. The number of carbonyl (C=O) groups excluding carboxylic acids is 2. The summed E-state index contributed by atoms with van der Waals surface area (Å²) in [7, 11) is 1.56. The fourth-order valence-corrected chi connectivity index (χ4v) is 4.19. The predicted octanol–water partition coefficient (Wildman–Crippen LogP) is 2.62. The number of nitrogens with two attached hydrogens (primary N) is 1. The first-order valence-corrected chi connectivity index (χ1v) is 12.1. The molecule has 0 aliphatic carbocycles. The van der Waals surface area contributed by atoms with Gasteiger partial charge in [0.1, 0.15) is 5.82 Å². The highest BCUT2D eigenvalue weighted by atomic mass is 16.2. The molecule has 0 saturated heterocycles. The van der Waals surface area contributed by atoms with Crippen LogP contribution in [0.1, 0.15) is 33.3 Å². The molecule has 3 N–H and O–H groups in total. The molecule has 0 saturated carbocycles. The molecule has 2 amide bonds. The quantitative estimate of drug-likeness (QED) is 0.475. The number of aromatic nitrogens is 2. The van der Waals surface area contributed by atoms with Crippen LogP contribution in [0.15, 0.2) is 52.1 Å². The fourth-order valence-electron chi connectivity index (χ4n) is 4.19. The summed E-state index contributed by atoms with van der Waals surface area (Å²) in [6, 6.07) is 13.6. The minimum absolute atomic E-state index is 0.00918. The van der Waals surface area contributed by atoms with E-state index in [0.29, 0.717) is 6.54 Å². The van der Waals surface area contributed by atoms with Crippen molar-refractivity contribution in [2.75, 3.05) is 30.8 Å². The molecule has 36 heavy (non-hydrogen) atoms. The van der Waals surface area contributed by atoms with Gasteiger partial charge < -0.3 is 15.5 Å². The number of rotatable bonds is 9. The van der Waals surface area contributed by atoms with Crippen molar-refractivity contribution < 1.29 is 9.59 Å². The van der Waals surface area contributed by atoms with Crippen LogP contribution >= 0.6 is 0 Å². The van der Waals surface area contributed by atoms with Gasteiger partial charge in [-0.3, -0.25) is 23.9 Å². The van der Waals surface area contributed by atoms with Gasteiger partial charge in [-0.15, -0.1) is 0 Å². The lowest BCUT2D eigenvalue weighted by molar-refractivity contribution is -0.133. The third kappa shape index (κ3) is 6.02. The number of hydrogen-bond donors (Lipinski definition) is 2. The lowest BCUT2D eigenvalue weighted by Crippen LogP contribution is -2.47. The first kappa shape index (κ1) is 26.7. The van der Waals surface area contributed by atoms with Gasteiger partial charge in [-0.2, -0.15) is 0 Å². The molecular weight excluding hydrogens is 458 g/mol. The summed E-state index contributed by atoms with van der Waals surface area (Å²) in [6.07, 6.45) is 0.136. The average Bonchev–Trinajstić information content (AvgIpc) is 2.80. The Morgan fingerprint density at radius 2 is 1.64 bits per heavy atom. The maximum absolute atomic E-state index is 13.4. The third-order valence-electron chi connectivity index (χ3n) is 5.90. The monoisotopic (exact) mass is 493 g/mol. The lowest BCUT2D eigenvalue weighted by Gasteiger charge is -2.28. The van der Waals surface area contributed by atoms with E-state index >= 15 is 0 Å². The number of hydrogen-bond acceptors (Lipinski definition) is 5. The second kappa shape index (κ2) is 11.2. The summed E-state index contributed by atoms with van der Waals surface area (Å²) in [4.78, 5) is 56.5. The largest absolute Gasteiger partial charge is 0.383 e. The van der Waals surface area contributed by atoms with Gasteiger partial charge >= 0.3 is 5.69 Å². The normalized spacial score (nSPS) is 11.3. The molecule has 0 aliphatic heterocycles. The molecule has 9 heteroatoms. The minimum atomic E-state index is -0.726. The van der Waals surface area contributed by atoms with Crippen LogP contribution in [-0.2, 0) is 22.6 Å². The maximum atomic E-state index is 13.4. The van der Waals surface area contributed by atoms with E-state index in [2.05, 4.69) is 4.98 Å². The number of aromatic amines is 1. The standard InChI is InChI=1S/C27H35N5O4/c1-17(2)14-31(24-25(28)32(15-18(3)4)27(36)29-26(24)35)23(34)16-30(5)22(33)13-20-11-8-10-19-9-6-7-12-21(19)20/h6-12,17-18H,13-16,28H2,1-5H3,(H,29,35,36). The molecule has 0 unspecified atom stereocenters. The summed E-state index contributed by atoms with van der Waals surface area (Å²) < 4.78 is 1.28. The number of likely N-dealkylation sites (N-methyl/N-ethyl adjacent to an activating group) is 1. The van der Waals surface area contributed by atoms with E-state index in [1.54, 1.807) is 7.05 Å². The number of nitrogens with one attached hydrogen (secondary N) is 1.